The van der Waals surface area contributed by atoms with E-state index in [-0.39, 0.29) is 11.9 Å². The molecule has 0 radical (unpaired) electrons. The molecule has 0 spiro atoms. The van der Waals surface area contributed by atoms with Crippen LogP contribution in [-0.2, 0) is 14.3 Å². The van der Waals surface area contributed by atoms with E-state index in [1.54, 1.807) is 0 Å². The maximum absolute atomic E-state index is 10.9. The summed E-state index contributed by atoms with van der Waals surface area (Å²) in [5.74, 6) is -0.721. The van der Waals surface area contributed by atoms with Crippen LogP contribution in [0.2, 0.25) is 0 Å². The average molecular weight is 218 g/mol. The van der Waals surface area contributed by atoms with Crippen LogP contribution in [0.15, 0.2) is 12.2 Å². The molecule has 0 aromatic carbocycles. The molecule has 0 aliphatic rings. The van der Waals surface area contributed by atoms with Crippen molar-refractivity contribution in [2.45, 2.75) is 25.2 Å². The summed E-state index contributed by atoms with van der Waals surface area (Å²) in [6.07, 6.45) is -4.83. The Balaban J connectivity index is 4.03. The van der Waals surface area contributed by atoms with Gasteiger partial charge in [0, 0.05) is 5.57 Å². The Morgan fingerprint density at radius 1 is 1.47 bits per heavy atom. The second kappa shape index (κ2) is 6.28. The van der Waals surface area contributed by atoms with Crippen LogP contribution >= 0.6 is 0 Å². The summed E-state index contributed by atoms with van der Waals surface area (Å²) in [6.45, 7) is 4.21. The molecule has 6 nitrogen and oxygen atoms in total. The van der Waals surface area contributed by atoms with Crippen LogP contribution in [0.25, 0.3) is 0 Å². The third-order valence-corrected chi connectivity index (χ3v) is 1.62. The van der Waals surface area contributed by atoms with Crippen LogP contribution < -0.4 is 0 Å². The number of aliphatic hydroxyl groups is 3. The molecule has 0 saturated heterocycles. The van der Waals surface area contributed by atoms with E-state index >= 15 is 0 Å². The SMILES string of the molecule is C=C(C)C(=O)OC[C@@H](O)[C@@H](O)[C@@H](O)C=O. The van der Waals surface area contributed by atoms with Crippen molar-refractivity contribution in [2.75, 3.05) is 6.61 Å². The molecule has 0 saturated carbocycles. The quantitative estimate of drug-likeness (QED) is 0.281. The highest BCUT2D eigenvalue weighted by molar-refractivity contribution is 5.86. The van der Waals surface area contributed by atoms with Crippen molar-refractivity contribution in [3.63, 3.8) is 0 Å². The number of hydrogen-bond donors (Lipinski definition) is 3. The number of hydrogen-bond acceptors (Lipinski definition) is 6. The van der Waals surface area contributed by atoms with E-state index in [1.807, 2.05) is 0 Å². The largest absolute Gasteiger partial charge is 0.459 e. The minimum absolute atomic E-state index is 0.0778. The zero-order valence-corrected chi connectivity index (χ0v) is 8.29. The molecule has 0 aliphatic heterocycles. The molecule has 0 heterocycles. The van der Waals surface area contributed by atoms with E-state index in [0.717, 1.165) is 0 Å². The lowest BCUT2D eigenvalue weighted by Gasteiger charge is -2.18. The van der Waals surface area contributed by atoms with E-state index in [1.165, 1.54) is 6.92 Å². The van der Waals surface area contributed by atoms with Crippen molar-refractivity contribution in [1.29, 1.82) is 0 Å². The number of carbonyl (C=O) groups is 2. The van der Waals surface area contributed by atoms with Gasteiger partial charge in [0.15, 0.2) is 6.29 Å². The first-order valence-electron chi connectivity index (χ1n) is 4.22. The zero-order valence-electron chi connectivity index (χ0n) is 8.29. The first-order chi connectivity index (χ1) is 6.90. The molecule has 15 heavy (non-hydrogen) atoms. The zero-order chi connectivity index (χ0) is 12.0. The smallest absolute Gasteiger partial charge is 0.333 e. The highest BCUT2D eigenvalue weighted by Crippen LogP contribution is 2.01. The summed E-state index contributed by atoms with van der Waals surface area (Å²) in [7, 11) is 0. The molecule has 0 aromatic rings. The number of rotatable bonds is 6. The maximum atomic E-state index is 10.9. The summed E-state index contributed by atoms with van der Waals surface area (Å²) in [5.41, 5.74) is 0.146. The molecule has 3 atom stereocenters. The Hall–Kier alpha value is -1.24. The molecule has 3 N–H and O–H groups in total. The average Bonchev–Trinajstić information content (AvgIpc) is 2.22. The topological polar surface area (TPSA) is 104 Å². The van der Waals surface area contributed by atoms with E-state index < -0.39 is 30.9 Å². The Morgan fingerprint density at radius 3 is 2.40 bits per heavy atom. The van der Waals surface area contributed by atoms with Crippen LogP contribution in [0.5, 0.6) is 0 Å². The van der Waals surface area contributed by atoms with E-state index in [4.69, 9.17) is 10.2 Å². The predicted molar refractivity (Wildman–Crippen MR) is 49.9 cm³/mol. The fraction of sp³-hybridized carbons (Fsp3) is 0.556. The van der Waals surface area contributed by atoms with Gasteiger partial charge in [-0.25, -0.2) is 4.79 Å². The maximum Gasteiger partial charge on any atom is 0.333 e. The number of ether oxygens (including phenoxy) is 1. The van der Waals surface area contributed by atoms with Crippen molar-refractivity contribution < 1.29 is 29.6 Å². The van der Waals surface area contributed by atoms with Gasteiger partial charge in [0.05, 0.1) is 0 Å². The lowest BCUT2D eigenvalue weighted by atomic mass is 10.1. The minimum Gasteiger partial charge on any atom is -0.459 e. The lowest BCUT2D eigenvalue weighted by molar-refractivity contribution is -0.148. The second-order valence-electron chi connectivity index (χ2n) is 3.06. The molecule has 0 aromatic heterocycles. The Bertz CT molecular complexity index is 249. The summed E-state index contributed by atoms with van der Waals surface area (Å²) < 4.78 is 4.51. The molecule has 6 heteroatoms. The van der Waals surface area contributed by atoms with E-state index in [9.17, 15) is 14.7 Å². The predicted octanol–water partition coefficient (Wildman–Crippen LogP) is -1.61. The first kappa shape index (κ1) is 13.8. The van der Waals surface area contributed by atoms with Crippen LogP contribution in [0.1, 0.15) is 6.92 Å². The highest BCUT2D eigenvalue weighted by atomic mass is 16.5. The van der Waals surface area contributed by atoms with Crippen molar-refractivity contribution in [2.24, 2.45) is 0 Å². The lowest BCUT2D eigenvalue weighted by Crippen LogP contribution is -2.41. The summed E-state index contributed by atoms with van der Waals surface area (Å²) in [5, 5.41) is 27.1. The summed E-state index contributed by atoms with van der Waals surface area (Å²) in [4.78, 5) is 20.9. The Morgan fingerprint density at radius 2 is 2.00 bits per heavy atom. The van der Waals surface area contributed by atoms with Gasteiger partial charge in [-0.05, 0) is 6.92 Å². The fourth-order valence-corrected chi connectivity index (χ4v) is 0.691. The second-order valence-corrected chi connectivity index (χ2v) is 3.06. The third kappa shape index (κ3) is 4.68. The van der Waals surface area contributed by atoms with Crippen molar-refractivity contribution >= 4 is 12.3 Å². The number of aldehydes is 1. The molecule has 0 unspecified atom stereocenters. The van der Waals surface area contributed by atoms with Gasteiger partial charge >= 0.3 is 5.97 Å². The third-order valence-electron chi connectivity index (χ3n) is 1.62. The highest BCUT2D eigenvalue weighted by Gasteiger charge is 2.25. The van der Waals surface area contributed by atoms with Crippen LogP contribution in [0.3, 0.4) is 0 Å². The molecule has 86 valence electrons. The van der Waals surface area contributed by atoms with E-state index in [2.05, 4.69) is 11.3 Å². The van der Waals surface area contributed by atoms with Gasteiger partial charge < -0.3 is 24.9 Å². The minimum atomic E-state index is -1.71. The molecule has 0 rings (SSSR count). The Labute approximate surface area is 86.8 Å². The van der Waals surface area contributed by atoms with Gasteiger partial charge in [0.1, 0.15) is 24.9 Å². The summed E-state index contributed by atoms with van der Waals surface area (Å²) in [6, 6.07) is 0. The number of carbonyl (C=O) groups excluding carboxylic acids is 2. The molecular formula is C9H14O6. The number of esters is 1. The molecule has 0 fully saturated rings. The standard InChI is InChI=1S/C9H14O6/c1-5(2)9(14)15-4-7(12)8(13)6(11)3-10/h3,6-8,11-13H,1,4H2,2H3/t6-,7+,8-/m0/s1. The van der Waals surface area contributed by atoms with Gasteiger partial charge in [0.2, 0.25) is 0 Å². The fourth-order valence-electron chi connectivity index (χ4n) is 0.691. The monoisotopic (exact) mass is 218 g/mol. The summed E-state index contributed by atoms with van der Waals surface area (Å²) >= 11 is 0. The van der Waals surface area contributed by atoms with Crippen LogP contribution in [0.4, 0.5) is 0 Å². The van der Waals surface area contributed by atoms with Crippen molar-refractivity contribution in [3.05, 3.63) is 12.2 Å². The van der Waals surface area contributed by atoms with Gasteiger partial charge in [-0.15, -0.1) is 0 Å². The first-order valence-corrected chi connectivity index (χ1v) is 4.22. The van der Waals surface area contributed by atoms with Gasteiger partial charge in [0.25, 0.3) is 0 Å². The van der Waals surface area contributed by atoms with Crippen molar-refractivity contribution in [1.82, 2.24) is 0 Å². The normalized spacial score (nSPS) is 16.3. The van der Waals surface area contributed by atoms with Crippen LogP contribution in [0, 0.1) is 0 Å². The Kier molecular flexibility index (Phi) is 5.76. The molecule has 0 aliphatic carbocycles. The van der Waals surface area contributed by atoms with Crippen molar-refractivity contribution in [3.8, 4) is 0 Å². The van der Waals surface area contributed by atoms with E-state index in [0.29, 0.717) is 0 Å². The molecule has 0 bridgehead atoms. The molecule has 0 amide bonds. The molecular weight excluding hydrogens is 204 g/mol. The van der Waals surface area contributed by atoms with Gasteiger partial charge in [-0.1, -0.05) is 6.58 Å². The van der Waals surface area contributed by atoms with Crippen LogP contribution in [-0.4, -0.2) is 52.5 Å². The number of aliphatic hydroxyl groups excluding tert-OH is 3. The van der Waals surface area contributed by atoms with Gasteiger partial charge in [-0.2, -0.15) is 0 Å². The van der Waals surface area contributed by atoms with Gasteiger partial charge in [-0.3, -0.25) is 0 Å².